The van der Waals surface area contributed by atoms with Crippen molar-refractivity contribution in [2.45, 2.75) is 57.6 Å². The Morgan fingerprint density at radius 3 is 2.95 bits per heavy atom. The van der Waals surface area contributed by atoms with Crippen molar-refractivity contribution in [3.63, 3.8) is 0 Å². The van der Waals surface area contributed by atoms with E-state index < -0.39 is 0 Å². The van der Waals surface area contributed by atoms with Gasteiger partial charge in [0.05, 0.1) is 12.7 Å². The summed E-state index contributed by atoms with van der Waals surface area (Å²) in [7, 11) is 0. The van der Waals surface area contributed by atoms with Crippen LogP contribution in [0.1, 0.15) is 56.3 Å². The molecule has 1 fully saturated rings. The first-order valence-electron chi connectivity index (χ1n) is 8.31. The van der Waals surface area contributed by atoms with Crippen LogP contribution in [0.15, 0.2) is 24.3 Å². The summed E-state index contributed by atoms with van der Waals surface area (Å²) in [5.74, 6) is 0.864. The van der Waals surface area contributed by atoms with Crippen molar-refractivity contribution in [1.29, 1.82) is 0 Å². The minimum atomic E-state index is 0.249. The molecule has 3 atom stereocenters. The lowest BCUT2D eigenvalue weighted by Gasteiger charge is -2.34. The molecule has 0 bridgehead atoms. The van der Waals surface area contributed by atoms with Gasteiger partial charge in [0.25, 0.3) is 0 Å². The normalized spacial score (nSPS) is 29.9. The van der Waals surface area contributed by atoms with Crippen LogP contribution in [0, 0.1) is 5.92 Å². The van der Waals surface area contributed by atoms with E-state index in [2.05, 4.69) is 36.5 Å². The molecule has 1 N–H and O–H groups in total. The van der Waals surface area contributed by atoms with Gasteiger partial charge < -0.3 is 10.1 Å². The molecule has 1 heterocycles. The maximum Gasteiger partial charge on any atom is 0.0952 e. The van der Waals surface area contributed by atoms with Crippen molar-refractivity contribution < 1.29 is 4.74 Å². The van der Waals surface area contributed by atoms with Crippen LogP contribution >= 0.6 is 0 Å². The molecule has 110 valence electrons. The minimum absolute atomic E-state index is 0.249. The van der Waals surface area contributed by atoms with Crippen molar-refractivity contribution in [1.82, 2.24) is 5.32 Å². The van der Waals surface area contributed by atoms with Gasteiger partial charge in [-0.15, -0.1) is 0 Å². The fourth-order valence-electron chi connectivity index (χ4n) is 3.87. The Kier molecular flexibility index (Phi) is 4.74. The summed E-state index contributed by atoms with van der Waals surface area (Å²) >= 11 is 0. The average Bonchev–Trinajstić information content (AvgIpc) is 2.53. The highest BCUT2D eigenvalue weighted by Gasteiger charge is 2.26. The zero-order valence-corrected chi connectivity index (χ0v) is 12.6. The average molecular weight is 273 g/mol. The van der Waals surface area contributed by atoms with Crippen LogP contribution in [0.3, 0.4) is 0 Å². The third-order valence-electron chi connectivity index (χ3n) is 5.09. The van der Waals surface area contributed by atoms with Gasteiger partial charge in [-0.25, -0.2) is 0 Å². The molecule has 1 aromatic carbocycles. The second-order valence-corrected chi connectivity index (χ2v) is 6.28. The summed E-state index contributed by atoms with van der Waals surface area (Å²) in [6.45, 7) is 4.17. The number of hydrogen-bond acceptors (Lipinski definition) is 2. The van der Waals surface area contributed by atoms with Gasteiger partial charge in [-0.05, 0) is 36.3 Å². The van der Waals surface area contributed by atoms with E-state index in [1.54, 1.807) is 0 Å². The standard InChI is InChI=1S/C18H27NO/c1-2-14-7-4-6-10-17(14)19-13-18-16-9-5-3-8-15(16)11-12-20-18/h3,5,8-9,14,17-19H,2,4,6-7,10-13H2,1H3. The van der Waals surface area contributed by atoms with E-state index in [1.165, 1.54) is 43.2 Å². The van der Waals surface area contributed by atoms with Gasteiger partial charge in [-0.2, -0.15) is 0 Å². The number of fused-ring (bicyclic) bond motifs is 1. The van der Waals surface area contributed by atoms with E-state index in [-0.39, 0.29) is 6.10 Å². The highest BCUT2D eigenvalue weighted by atomic mass is 16.5. The zero-order chi connectivity index (χ0) is 13.8. The molecule has 1 saturated carbocycles. The molecule has 1 aliphatic heterocycles. The fraction of sp³-hybridized carbons (Fsp3) is 0.667. The predicted octanol–water partition coefficient (Wildman–Crippen LogP) is 3.86. The lowest BCUT2D eigenvalue weighted by molar-refractivity contribution is 0.0376. The van der Waals surface area contributed by atoms with Gasteiger partial charge in [-0.1, -0.05) is 50.5 Å². The molecule has 2 aliphatic rings. The van der Waals surface area contributed by atoms with Crippen LogP contribution in [0.5, 0.6) is 0 Å². The maximum atomic E-state index is 6.00. The van der Waals surface area contributed by atoms with E-state index >= 15 is 0 Å². The molecule has 0 aromatic heterocycles. The number of benzene rings is 1. The molecule has 0 spiro atoms. The maximum absolute atomic E-state index is 6.00. The van der Waals surface area contributed by atoms with E-state index in [0.717, 1.165) is 25.5 Å². The van der Waals surface area contributed by atoms with Crippen LogP contribution < -0.4 is 5.32 Å². The van der Waals surface area contributed by atoms with Crippen molar-refractivity contribution in [2.24, 2.45) is 5.92 Å². The summed E-state index contributed by atoms with van der Waals surface area (Å²) in [5.41, 5.74) is 2.87. The summed E-state index contributed by atoms with van der Waals surface area (Å²) in [5, 5.41) is 3.81. The van der Waals surface area contributed by atoms with Crippen molar-refractivity contribution in [2.75, 3.05) is 13.2 Å². The van der Waals surface area contributed by atoms with Crippen LogP contribution in [0.4, 0.5) is 0 Å². The number of rotatable bonds is 4. The van der Waals surface area contributed by atoms with E-state index in [0.29, 0.717) is 6.04 Å². The smallest absolute Gasteiger partial charge is 0.0952 e. The Morgan fingerprint density at radius 1 is 1.20 bits per heavy atom. The van der Waals surface area contributed by atoms with Crippen LogP contribution in [-0.2, 0) is 11.2 Å². The molecule has 1 aromatic rings. The topological polar surface area (TPSA) is 21.3 Å². The van der Waals surface area contributed by atoms with Gasteiger partial charge in [-0.3, -0.25) is 0 Å². The third kappa shape index (κ3) is 3.07. The Bertz CT molecular complexity index is 431. The monoisotopic (exact) mass is 273 g/mol. The Morgan fingerprint density at radius 2 is 2.05 bits per heavy atom. The Balaban J connectivity index is 1.61. The first-order valence-corrected chi connectivity index (χ1v) is 8.31. The van der Waals surface area contributed by atoms with Crippen LogP contribution in [-0.4, -0.2) is 19.2 Å². The SMILES string of the molecule is CCC1CCCCC1NCC1OCCc2ccccc21. The van der Waals surface area contributed by atoms with Gasteiger partial charge in [0.15, 0.2) is 0 Å². The highest BCUT2D eigenvalue weighted by molar-refractivity contribution is 5.31. The van der Waals surface area contributed by atoms with Crippen LogP contribution in [0.25, 0.3) is 0 Å². The van der Waals surface area contributed by atoms with Gasteiger partial charge in [0, 0.05) is 12.6 Å². The molecule has 20 heavy (non-hydrogen) atoms. The number of nitrogens with one attached hydrogen (secondary N) is 1. The molecule has 2 heteroatoms. The zero-order valence-electron chi connectivity index (χ0n) is 12.6. The lowest BCUT2D eigenvalue weighted by atomic mass is 9.82. The minimum Gasteiger partial charge on any atom is -0.372 e. The van der Waals surface area contributed by atoms with Crippen LogP contribution in [0.2, 0.25) is 0 Å². The summed E-state index contributed by atoms with van der Waals surface area (Å²) in [6.07, 6.45) is 8.16. The second-order valence-electron chi connectivity index (χ2n) is 6.28. The summed E-state index contributed by atoms with van der Waals surface area (Å²) in [6, 6.07) is 9.46. The van der Waals surface area contributed by atoms with Gasteiger partial charge >= 0.3 is 0 Å². The lowest BCUT2D eigenvalue weighted by Crippen LogP contribution is -2.41. The van der Waals surface area contributed by atoms with E-state index in [1.807, 2.05) is 0 Å². The molecule has 0 amide bonds. The van der Waals surface area contributed by atoms with Crippen molar-refractivity contribution >= 4 is 0 Å². The molecule has 0 saturated heterocycles. The van der Waals surface area contributed by atoms with E-state index in [4.69, 9.17) is 4.74 Å². The molecule has 0 radical (unpaired) electrons. The predicted molar refractivity (Wildman–Crippen MR) is 82.9 cm³/mol. The number of ether oxygens (including phenoxy) is 1. The Hall–Kier alpha value is -0.860. The quantitative estimate of drug-likeness (QED) is 0.899. The molecule has 2 nitrogen and oxygen atoms in total. The molecular weight excluding hydrogens is 246 g/mol. The molecule has 3 unspecified atom stereocenters. The molecule has 3 rings (SSSR count). The van der Waals surface area contributed by atoms with Gasteiger partial charge in [0.2, 0.25) is 0 Å². The highest BCUT2D eigenvalue weighted by Crippen LogP contribution is 2.29. The van der Waals surface area contributed by atoms with Gasteiger partial charge in [0.1, 0.15) is 0 Å². The van der Waals surface area contributed by atoms with Crippen molar-refractivity contribution in [3.8, 4) is 0 Å². The largest absolute Gasteiger partial charge is 0.372 e. The summed E-state index contributed by atoms with van der Waals surface area (Å²) < 4.78 is 6.00. The third-order valence-corrected chi connectivity index (χ3v) is 5.09. The summed E-state index contributed by atoms with van der Waals surface area (Å²) in [4.78, 5) is 0. The first kappa shape index (κ1) is 14.1. The fourth-order valence-corrected chi connectivity index (χ4v) is 3.87. The van der Waals surface area contributed by atoms with Crippen molar-refractivity contribution in [3.05, 3.63) is 35.4 Å². The number of hydrogen-bond donors (Lipinski definition) is 1. The first-order chi connectivity index (χ1) is 9.88. The Labute approximate surface area is 122 Å². The molecule has 1 aliphatic carbocycles. The van der Waals surface area contributed by atoms with E-state index in [9.17, 15) is 0 Å². The molecular formula is C18H27NO. The second kappa shape index (κ2) is 6.73.